The van der Waals surface area contributed by atoms with Crippen LogP contribution in [0.4, 0.5) is 11.8 Å². The second-order valence-corrected chi connectivity index (χ2v) is 8.05. The molecule has 2 aromatic carbocycles. The largest absolute Gasteiger partial charge is 0.493 e. The summed E-state index contributed by atoms with van der Waals surface area (Å²) in [6, 6.07) is 11.2. The zero-order valence-electron chi connectivity index (χ0n) is 19.1. The number of furan rings is 1. The molecule has 0 radical (unpaired) electrons. The molecule has 10 nitrogen and oxygen atoms in total. The number of nitrogen functional groups attached to an aromatic ring is 2. The fourth-order valence-electron chi connectivity index (χ4n) is 4.36. The Hall–Kier alpha value is -4.73. The molecule has 0 unspecified atom stereocenters. The summed E-state index contributed by atoms with van der Waals surface area (Å²) in [6.45, 7) is 0. The van der Waals surface area contributed by atoms with Crippen LogP contribution in [0, 0.1) is 0 Å². The number of nitrogens with zero attached hydrogens (tertiary/aromatic N) is 2. The lowest BCUT2D eigenvalue weighted by molar-refractivity contribution is 0.0690. The minimum Gasteiger partial charge on any atom is -0.493 e. The molecule has 0 aliphatic rings. The van der Waals surface area contributed by atoms with E-state index in [1.165, 1.54) is 7.11 Å². The summed E-state index contributed by atoms with van der Waals surface area (Å²) in [7, 11) is 3.08. The Labute approximate surface area is 199 Å². The molecule has 0 atom stereocenters. The summed E-state index contributed by atoms with van der Waals surface area (Å²) in [5.41, 5.74) is 15.2. The van der Waals surface area contributed by atoms with Crippen LogP contribution in [0.25, 0.3) is 21.9 Å². The van der Waals surface area contributed by atoms with Gasteiger partial charge >= 0.3 is 5.97 Å². The number of para-hydroxylation sites is 1. The molecule has 178 valence electrons. The number of carboxylic acids is 1. The predicted octanol–water partition coefficient (Wildman–Crippen LogP) is 3.77. The van der Waals surface area contributed by atoms with Crippen LogP contribution < -0.4 is 20.9 Å². The van der Waals surface area contributed by atoms with Crippen LogP contribution in [0.5, 0.6) is 11.5 Å². The smallest absolute Gasteiger partial charge is 0.352 e. The summed E-state index contributed by atoms with van der Waals surface area (Å²) in [6.07, 6.45) is 2.25. The zero-order valence-corrected chi connectivity index (χ0v) is 19.1. The Bertz CT molecular complexity index is 1590. The van der Waals surface area contributed by atoms with E-state index in [4.69, 9.17) is 25.4 Å². The van der Waals surface area contributed by atoms with Crippen molar-refractivity contribution in [1.29, 1.82) is 0 Å². The zero-order chi connectivity index (χ0) is 24.7. The third-order valence-corrected chi connectivity index (χ3v) is 5.96. The average Bonchev–Trinajstić information content (AvgIpc) is 3.43. The van der Waals surface area contributed by atoms with Crippen LogP contribution in [0.15, 0.2) is 47.0 Å². The van der Waals surface area contributed by atoms with E-state index in [1.807, 2.05) is 36.4 Å². The second kappa shape index (κ2) is 8.56. The van der Waals surface area contributed by atoms with Gasteiger partial charge in [0, 0.05) is 40.9 Å². The summed E-state index contributed by atoms with van der Waals surface area (Å²) in [4.78, 5) is 23.0. The molecule has 5 aromatic rings. The Morgan fingerprint density at radius 2 is 1.89 bits per heavy atom. The van der Waals surface area contributed by atoms with Crippen molar-refractivity contribution in [3.63, 3.8) is 0 Å². The summed E-state index contributed by atoms with van der Waals surface area (Å²) in [5, 5.41) is 11.4. The number of ether oxygens (including phenoxy) is 2. The fourth-order valence-corrected chi connectivity index (χ4v) is 4.36. The molecule has 0 saturated carbocycles. The third-order valence-electron chi connectivity index (χ3n) is 5.96. The number of methoxy groups -OCH3 is 2. The fraction of sp³-hybridized carbons (Fsp3) is 0.160. The second-order valence-electron chi connectivity index (χ2n) is 8.05. The number of anilines is 2. The molecular formula is C25H23N5O5. The van der Waals surface area contributed by atoms with Gasteiger partial charge in [-0.3, -0.25) is 0 Å². The molecule has 10 heteroatoms. The van der Waals surface area contributed by atoms with Gasteiger partial charge in [-0.05, 0) is 29.3 Å². The van der Waals surface area contributed by atoms with Gasteiger partial charge in [0.05, 0.1) is 14.2 Å². The molecule has 5 rings (SSSR count). The van der Waals surface area contributed by atoms with Gasteiger partial charge in [0.1, 0.15) is 17.3 Å². The lowest BCUT2D eigenvalue weighted by atomic mass is 10.0. The Morgan fingerprint density at radius 1 is 1.09 bits per heavy atom. The number of benzene rings is 2. The van der Waals surface area contributed by atoms with Gasteiger partial charge < -0.3 is 35.4 Å². The maximum absolute atomic E-state index is 11.9. The Kier molecular flexibility index (Phi) is 5.40. The number of nitrogens with one attached hydrogen (secondary N) is 1. The van der Waals surface area contributed by atoms with Crippen LogP contribution in [0.1, 0.15) is 32.9 Å². The molecule has 3 aromatic heterocycles. The monoisotopic (exact) mass is 473 g/mol. The van der Waals surface area contributed by atoms with E-state index in [1.54, 1.807) is 13.3 Å². The Morgan fingerprint density at radius 3 is 2.60 bits per heavy atom. The van der Waals surface area contributed by atoms with Crippen molar-refractivity contribution < 1.29 is 23.8 Å². The number of hydrogen-bond donors (Lipinski definition) is 4. The van der Waals surface area contributed by atoms with E-state index in [0.717, 1.165) is 21.9 Å². The Balaban J connectivity index is 1.65. The number of nitrogens with two attached hydrogens (primary N) is 2. The maximum atomic E-state index is 11.9. The normalized spacial score (nSPS) is 11.3. The standard InChI is InChI=1S/C25H23N5O5/c1-33-19-8-12(7-13-11-28-25(27)30-23(13)26)16-9-14(35-21(16)22(19)34-2)10-17-15-5-3-4-6-18(15)29-20(17)24(31)32/h3-6,8-9,11,29H,7,10H2,1-2H3,(H,31,32)(H4,26,27,28,30). The first-order chi connectivity index (χ1) is 16.9. The predicted molar refractivity (Wildman–Crippen MR) is 131 cm³/mol. The number of aromatic carboxylic acids is 1. The van der Waals surface area contributed by atoms with Crippen molar-refractivity contribution in [3.8, 4) is 11.5 Å². The first kappa shape index (κ1) is 22.1. The molecule has 0 aliphatic heterocycles. The number of aromatic amines is 1. The molecule has 35 heavy (non-hydrogen) atoms. The average molecular weight is 473 g/mol. The highest BCUT2D eigenvalue weighted by Crippen LogP contribution is 2.41. The van der Waals surface area contributed by atoms with Crippen molar-refractivity contribution in [2.24, 2.45) is 0 Å². The van der Waals surface area contributed by atoms with Crippen molar-refractivity contribution in [2.75, 3.05) is 25.7 Å². The van der Waals surface area contributed by atoms with E-state index in [0.29, 0.717) is 40.4 Å². The van der Waals surface area contributed by atoms with Gasteiger partial charge in [0.2, 0.25) is 11.7 Å². The first-order valence-corrected chi connectivity index (χ1v) is 10.8. The van der Waals surface area contributed by atoms with E-state index in [2.05, 4.69) is 15.0 Å². The van der Waals surface area contributed by atoms with E-state index >= 15 is 0 Å². The number of aromatic nitrogens is 3. The van der Waals surface area contributed by atoms with Crippen LogP contribution in [-0.4, -0.2) is 40.2 Å². The van der Waals surface area contributed by atoms with E-state index in [9.17, 15) is 9.90 Å². The van der Waals surface area contributed by atoms with Gasteiger partial charge in [-0.1, -0.05) is 18.2 Å². The number of carbonyl (C=O) groups is 1. The molecule has 0 aliphatic carbocycles. The highest BCUT2D eigenvalue weighted by Gasteiger charge is 2.22. The number of carboxylic acid groups (broad SMARTS) is 1. The molecule has 0 amide bonds. The number of fused-ring (bicyclic) bond motifs is 2. The van der Waals surface area contributed by atoms with Gasteiger partial charge in [-0.2, -0.15) is 4.98 Å². The van der Waals surface area contributed by atoms with E-state index in [-0.39, 0.29) is 23.9 Å². The highest BCUT2D eigenvalue weighted by molar-refractivity contribution is 5.98. The van der Waals surface area contributed by atoms with Gasteiger partial charge in [0.25, 0.3) is 0 Å². The summed E-state index contributed by atoms with van der Waals surface area (Å²) < 4.78 is 17.4. The SMILES string of the molecule is COc1cc(Cc2cnc(N)nc2N)c2cc(Cc3c(C(=O)O)[nH]c4ccccc34)oc2c1OC. The molecule has 3 heterocycles. The van der Waals surface area contributed by atoms with Crippen LogP contribution >= 0.6 is 0 Å². The topological polar surface area (TPSA) is 163 Å². The summed E-state index contributed by atoms with van der Waals surface area (Å²) in [5.74, 6) is 0.851. The van der Waals surface area contributed by atoms with Crippen LogP contribution in [-0.2, 0) is 12.8 Å². The quantitative estimate of drug-likeness (QED) is 0.275. The van der Waals surface area contributed by atoms with Crippen molar-refractivity contribution in [1.82, 2.24) is 15.0 Å². The molecule has 6 N–H and O–H groups in total. The lowest BCUT2D eigenvalue weighted by Gasteiger charge is -2.12. The summed E-state index contributed by atoms with van der Waals surface area (Å²) >= 11 is 0. The van der Waals surface area contributed by atoms with Crippen molar-refractivity contribution in [3.05, 3.63) is 70.7 Å². The molecule has 0 spiro atoms. The molecule has 0 saturated heterocycles. The van der Waals surface area contributed by atoms with Gasteiger partial charge in [-0.15, -0.1) is 0 Å². The third kappa shape index (κ3) is 3.84. The van der Waals surface area contributed by atoms with Crippen LogP contribution in [0.2, 0.25) is 0 Å². The van der Waals surface area contributed by atoms with E-state index < -0.39 is 5.97 Å². The van der Waals surface area contributed by atoms with Gasteiger partial charge in [-0.25, -0.2) is 9.78 Å². The molecule has 0 bridgehead atoms. The number of hydrogen-bond acceptors (Lipinski definition) is 8. The van der Waals surface area contributed by atoms with Crippen molar-refractivity contribution in [2.45, 2.75) is 12.8 Å². The molecule has 0 fully saturated rings. The maximum Gasteiger partial charge on any atom is 0.352 e. The first-order valence-electron chi connectivity index (χ1n) is 10.8. The number of rotatable bonds is 7. The molecular weight excluding hydrogens is 450 g/mol. The minimum absolute atomic E-state index is 0.0993. The minimum atomic E-state index is -1.04. The lowest BCUT2D eigenvalue weighted by Crippen LogP contribution is -2.04. The van der Waals surface area contributed by atoms with Crippen LogP contribution in [0.3, 0.4) is 0 Å². The van der Waals surface area contributed by atoms with Gasteiger partial charge in [0.15, 0.2) is 11.3 Å². The van der Waals surface area contributed by atoms with Crippen molar-refractivity contribution >= 4 is 39.6 Å². The highest BCUT2D eigenvalue weighted by atomic mass is 16.5. The number of H-pyrrole nitrogens is 1.